The molecule has 0 aliphatic carbocycles. The van der Waals surface area contributed by atoms with Crippen LogP contribution in [-0.2, 0) is 24.1 Å². The average molecular weight is 362 g/mol. The lowest BCUT2D eigenvalue weighted by Crippen LogP contribution is -2.56. The molecule has 2 unspecified atom stereocenters. The number of ether oxygens (including phenoxy) is 2. The van der Waals surface area contributed by atoms with Gasteiger partial charge >= 0.3 is 0 Å². The number of carbonyl (C=O) groups excluding carboxylic acids is 1. The van der Waals surface area contributed by atoms with Gasteiger partial charge in [-0.1, -0.05) is 6.07 Å². The number of fused-ring (bicyclic) bond motifs is 1. The van der Waals surface area contributed by atoms with E-state index in [1.54, 1.807) is 30.3 Å². The zero-order valence-electron chi connectivity index (χ0n) is 13.6. The van der Waals surface area contributed by atoms with Crippen LogP contribution in [0.2, 0.25) is 0 Å². The SMILES string of the molecule is Cc1ccc2c(S(=O)(=O)[C@H]3OCC34COC(C(N)=O)C4)cccc2n1. The average Bonchev–Trinajstić information content (AvgIpc) is 3.00. The highest BCUT2D eigenvalue weighted by molar-refractivity contribution is 7.92. The van der Waals surface area contributed by atoms with E-state index in [-0.39, 0.29) is 24.5 Å². The van der Waals surface area contributed by atoms with Gasteiger partial charge in [-0.25, -0.2) is 8.42 Å². The third-order valence-electron chi connectivity index (χ3n) is 4.92. The number of rotatable bonds is 3. The topological polar surface area (TPSA) is 109 Å². The van der Waals surface area contributed by atoms with Crippen LogP contribution in [-0.4, -0.2) is 44.1 Å². The van der Waals surface area contributed by atoms with Crippen molar-refractivity contribution < 1.29 is 22.7 Å². The molecule has 8 heteroatoms. The molecule has 2 fully saturated rings. The van der Waals surface area contributed by atoms with Gasteiger partial charge in [0.2, 0.25) is 15.7 Å². The second kappa shape index (κ2) is 5.48. The van der Waals surface area contributed by atoms with Crippen LogP contribution >= 0.6 is 0 Å². The fraction of sp³-hybridized carbons (Fsp3) is 0.412. The first-order valence-corrected chi connectivity index (χ1v) is 9.51. The number of hydrogen-bond donors (Lipinski definition) is 1. The van der Waals surface area contributed by atoms with Gasteiger partial charge in [-0.05, 0) is 37.6 Å². The van der Waals surface area contributed by atoms with Crippen LogP contribution in [0.25, 0.3) is 10.9 Å². The van der Waals surface area contributed by atoms with Gasteiger partial charge < -0.3 is 15.2 Å². The van der Waals surface area contributed by atoms with Crippen molar-refractivity contribution in [2.45, 2.75) is 29.8 Å². The van der Waals surface area contributed by atoms with Crippen LogP contribution in [0.15, 0.2) is 35.2 Å². The number of aryl methyl sites for hydroxylation is 1. The first-order valence-electron chi connectivity index (χ1n) is 7.96. The third kappa shape index (κ3) is 2.44. The van der Waals surface area contributed by atoms with Crippen LogP contribution in [0.1, 0.15) is 12.1 Å². The third-order valence-corrected chi connectivity index (χ3v) is 7.09. The van der Waals surface area contributed by atoms with Crippen molar-refractivity contribution in [3.8, 4) is 0 Å². The molecule has 2 aromatic rings. The Morgan fingerprint density at radius 3 is 2.64 bits per heavy atom. The summed E-state index contributed by atoms with van der Waals surface area (Å²) in [5.74, 6) is -0.579. The molecule has 2 aliphatic rings. The smallest absolute Gasteiger partial charge is 0.246 e. The first-order chi connectivity index (χ1) is 11.8. The zero-order valence-corrected chi connectivity index (χ0v) is 14.5. The first kappa shape index (κ1) is 16.4. The molecule has 2 N–H and O–H groups in total. The summed E-state index contributed by atoms with van der Waals surface area (Å²) in [6, 6.07) is 8.55. The molecule has 1 spiro atoms. The van der Waals surface area contributed by atoms with Crippen molar-refractivity contribution in [3.05, 3.63) is 36.0 Å². The van der Waals surface area contributed by atoms with Gasteiger partial charge in [0.1, 0.15) is 6.10 Å². The monoisotopic (exact) mass is 362 g/mol. The quantitative estimate of drug-likeness (QED) is 0.870. The maximum absolute atomic E-state index is 13.2. The molecule has 0 bridgehead atoms. The predicted molar refractivity (Wildman–Crippen MR) is 89.4 cm³/mol. The Balaban J connectivity index is 1.75. The molecule has 4 rings (SSSR count). The number of aromatic nitrogens is 1. The Hall–Kier alpha value is -2.03. The molecule has 2 aliphatic heterocycles. The Bertz CT molecular complexity index is 974. The summed E-state index contributed by atoms with van der Waals surface area (Å²) in [5, 5.41) is 0.559. The Morgan fingerprint density at radius 1 is 1.24 bits per heavy atom. The normalized spacial score (nSPS) is 29.0. The Labute approximate surface area is 145 Å². The maximum Gasteiger partial charge on any atom is 0.246 e. The summed E-state index contributed by atoms with van der Waals surface area (Å²) in [6.45, 7) is 2.24. The largest absolute Gasteiger partial charge is 0.368 e. The van der Waals surface area contributed by atoms with Crippen molar-refractivity contribution >= 4 is 26.6 Å². The van der Waals surface area contributed by atoms with E-state index in [0.717, 1.165) is 5.69 Å². The van der Waals surface area contributed by atoms with Gasteiger partial charge in [-0.2, -0.15) is 0 Å². The second-order valence-corrected chi connectivity index (χ2v) is 8.69. The van der Waals surface area contributed by atoms with E-state index in [0.29, 0.717) is 10.9 Å². The molecule has 7 nitrogen and oxygen atoms in total. The molecule has 0 saturated carbocycles. The number of sulfone groups is 1. The Morgan fingerprint density at radius 2 is 2.00 bits per heavy atom. The number of nitrogens with two attached hydrogens (primary N) is 1. The molecular formula is C17H18N2O5S. The van der Waals surface area contributed by atoms with Crippen LogP contribution in [0.3, 0.4) is 0 Å². The van der Waals surface area contributed by atoms with E-state index in [1.165, 1.54) is 0 Å². The highest BCUT2D eigenvalue weighted by Crippen LogP contribution is 2.49. The molecule has 25 heavy (non-hydrogen) atoms. The summed E-state index contributed by atoms with van der Waals surface area (Å²) in [6.07, 6.45) is -0.507. The van der Waals surface area contributed by atoms with Crippen molar-refractivity contribution in [2.75, 3.05) is 13.2 Å². The van der Waals surface area contributed by atoms with Gasteiger partial charge in [0.25, 0.3) is 0 Å². The standard InChI is InChI=1S/C17H18N2O5S/c1-10-5-6-11-12(19-10)3-2-4-14(11)25(21,22)16-17(9-24-16)7-13(15(18)20)23-8-17/h2-6,13,16H,7-9H2,1H3,(H2,18,20)/t13?,16-,17?/m1/s1. The maximum atomic E-state index is 13.2. The van der Waals surface area contributed by atoms with E-state index in [1.807, 2.05) is 6.92 Å². The lowest BCUT2D eigenvalue weighted by Gasteiger charge is -2.44. The molecular weight excluding hydrogens is 344 g/mol. The fourth-order valence-corrected chi connectivity index (χ4v) is 5.71. The van der Waals surface area contributed by atoms with Crippen LogP contribution in [0.4, 0.5) is 0 Å². The minimum atomic E-state index is -3.78. The number of hydrogen-bond acceptors (Lipinski definition) is 6. The minimum Gasteiger partial charge on any atom is -0.368 e. The van der Waals surface area contributed by atoms with Crippen molar-refractivity contribution in [2.24, 2.45) is 11.1 Å². The van der Waals surface area contributed by atoms with Gasteiger partial charge in [-0.3, -0.25) is 9.78 Å². The van der Waals surface area contributed by atoms with Gasteiger partial charge in [0, 0.05) is 11.1 Å². The molecule has 1 amide bonds. The zero-order chi connectivity index (χ0) is 17.8. The van der Waals surface area contributed by atoms with Gasteiger partial charge in [-0.15, -0.1) is 0 Å². The number of carbonyl (C=O) groups is 1. The van der Waals surface area contributed by atoms with Gasteiger partial charge in [0.05, 0.1) is 29.0 Å². The number of pyridine rings is 1. The van der Waals surface area contributed by atoms with Crippen molar-refractivity contribution in [1.82, 2.24) is 4.98 Å². The number of primary amides is 1. The van der Waals surface area contributed by atoms with E-state index in [4.69, 9.17) is 15.2 Å². The van der Waals surface area contributed by atoms with E-state index in [9.17, 15) is 13.2 Å². The molecule has 0 radical (unpaired) electrons. The summed E-state index contributed by atoms with van der Waals surface area (Å²) in [4.78, 5) is 15.9. The number of nitrogens with zero attached hydrogens (tertiary/aromatic N) is 1. The van der Waals surface area contributed by atoms with Crippen LogP contribution in [0.5, 0.6) is 0 Å². The summed E-state index contributed by atoms with van der Waals surface area (Å²) in [5.41, 5.74) is 4.95. The fourth-order valence-electron chi connectivity index (χ4n) is 3.60. The molecule has 3 heterocycles. The molecule has 132 valence electrons. The van der Waals surface area contributed by atoms with Crippen LogP contribution in [0, 0.1) is 12.3 Å². The van der Waals surface area contributed by atoms with Crippen molar-refractivity contribution in [3.63, 3.8) is 0 Å². The minimum absolute atomic E-state index is 0.145. The molecule has 2 saturated heterocycles. The predicted octanol–water partition coefficient (Wildman–Crippen LogP) is 0.934. The summed E-state index contributed by atoms with van der Waals surface area (Å²) in [7, 11) is -3.78. The second-order valence-electron chi connectivity index (χ2n) is 6.73. The number of benzene rings is 1. The molecule has 3 atom stereocenters. The highest BCUT2D eigenvalue weighted by Gasteiger charge is 2.60. The lowest BCUT2D eigenvalue weighted by molar-refractivity contribution is -0.140. The van der Waals surface area contributed by atoms with E-state index in [2.05, 4.69) is 4.98 Å². The van der Waals surface area contributed by atoms with E-state index >= 15 is 0 Å². The van der Waals surface area contributed by atoms with Gasteiger partial charge in [0.15, 0.2) is 5.44 Å². The van der Waals surface area contributed by atoms with E-state index < -0.39 is 32.7 Å². The van der Waals surface area contributed by atoms with Crippen LogP contribution < -0.4 is 5.73 Å². The lowest BCUT2D eigenvalue weighted by atomic mass is 9.83. The molecule has 1 aromatic carbocycles. The summed E-state index contributed by atoms with van der Waals surface area (Å²) >= 11 is 0. The van der Waals surface area contributed by atoms with Crippen molar-refractivity contribution in [1.29, 1.82) is 0 Å². The summed E-state index contributed by atoms with van der Waals surface area (Å²) < 4.78 is 37.3. The number of amides is 1. The Kier molecular flexibility index (Phi) is 3.61. The highest BCUT2D eigenvalue weighted by atomic mass is 32.2. The molecule has 1 aromatic heterocycles.